The van der Waals surface area contributed by atoms with Gasteiger partial charge in [0.1, 0.15) is 18.2 Å². The van der Waals surface area contributed by atoms with Crippen molar-refractivity contribution in [3.63, 3.8) is 0 Å². The fourth-order valence-electron chi connectivity index (χ4n) is 2.74. The topological polar surface area (TPSA) is 61.5 Å². The van der Waals surface area contributed by atoms with Crippen molar-refractivity contribution in [2.24, 2.45) is 0 Å². The average Bonchev–Trinajstić information content (AvgIpc) is 3.24. The van der Waals surface area contributed by atoms with Crippen molar-refractivity contribution in [2.75, 3.05) is 6.61 Å². The molecule has 0 amide bonds. The second-order valence-electron chi connectivity index (χ2n) is 5.65. The molecule has 0 saturated heterocycles. The van der Waals surface area contributed by atoms with E-state index in [0.717, 1.165) is 18.2 Å². The summed E-state index contributed by atoms with van der Waals surface area (Å²) in [6.07, 6.45) is -0.415. The molecule has 0 radical (unpaired) electrons. The summed E-state index contributed by atoms with van der Waals surface area (Å²) >= 11 is 1.26. The summed E-state index contributed by atoms with van der Waals surface area (Å²) in [7, 11) is 0. The summed E-state index contributed by atoms with van der Waals surface area (Å²) in [5.41, 5.74) is 0.000471. The maximum atomic E-state index is 14.1. The number of para-hydroxylation sites is 2. The van der Waals surface area contributed by atoms with Gasteiger partial charge in [-0.25, -0.2) is 8.78 Å². The first-order valence-corrected chi connectivity index (χ1v) is 8.57. The monoisotopic (exact) mass is 372 g/mol. The number of ether oxygens (including phenoxy) is 2. The minimum absolute atomic E-state index is 0.000471. The maximum Gasteiger partial charge on any atom is 0.235 e. The van der Waals surface area contributed by atoms with Gasteiger partial charge >= 0.3 is 0 Å². The Hall–Kier alpha value is -3.07. The van der Waals surface area contributed by atoms with Gasteiger partial charge in [-0.15, -0.1) is 10.2 Å². The molecule has 1 unspecified atom stereocenters. The standard InChI is InChI=1S/C17H10F2N4O2S/c18-9-5-6-11(19)10(7-9)15-20-21-17-23(15)22-16(26-17)14-8-24-12-3-1-2-4-13(12)25-14/h1-7,14H,8H2. The molecule has 6 nitrogen and oxygen atoms in total. The molecular weight excluding hydrogens is 362 g/mol. The molecule has 2 aromatic heterocycles. The van der Waals surface area contributed by atoms with Crippen LogP contribution in [-0.4, -0.2) is 26.4 Å². The zero-order chi connectivity index (χ0) is 17.7. The first-order valence-electron chi connectivity index (χ1n) is 7.75. The lowest BCUT2D eigenvalue weighted by atomic mass is 10.2. The minimum Gasteiger partial charge on any atom is -0.485 e. The Morgan fingerprint density at radius 1 is 1.08 bits per heavy atom. The van der Waals surface area contributed by atoms with Crippen LogP contribution in [0.2, 0.25) is 0 Å². The molecular formula is C17H10F2N4O2S. The third kappa shape index (κ3) is 2.39. The number of fused-ring (bicyclic) bond motifs is 2. The van der Waals surface area contributed by atoms with Crippen LogP contribution in [0.25, 0.3) is 16.3 Å². The molecule has 4 aromatic rings. The van der Waals surface area contributed by atoms with Crippen LogP contribution in [0, 0.1) is 11.6 Å². The fourth-order valence-corrected chi connectivity index (χ4v) is 3.59. The van der Waals surface area contributed by atoms with Crippen molar-refractivity contribution < 1.29 is 18.3 Å². The first kappa shape index (κ1) is 15.2. The van der Waals surface area contributed by atoms with Crippen LogP contribution in [0.1, 0.15) is 11.1 Å². The quantitative estimate of drug-likeness (QED) is 0.538. The van der Waals surface area contributed by atoms with Gasteiger partial charge in [-0.1, -0.05) is 23.5 Å². The van der Waals surface area contributed by atoms with Crippen LogP contribution in [-0.2, 0) is 0 Å². The van der Waals surface area contributed by atoms with Crippen LogP contribution in [0.4, 0.5) is 8.78 Å². The lowest BCUT2D eigenvalue weighted by Crippen LogP contribution is -2.21. The number of halogens is 2. The lowest BCUT2D eigenvalue weighted by molar-refractivity contribution is 0.0904. The summed E-state index contributed by atoms with van der Waals surface area (Å²) in [5, 5.41) is 13.0. The van der Waals surface area contributed by atoms with Gasteiger partial charge in [0.05, 0.1) is 5.56 Å². The summed E-state index contributed by atoms with van der Waals surface area (Å²) in [6, 6.07) is 10.5. The van der Waals surface area contributed by atoms with Gasteiger partial charge < -0.3 is 9.47 Å². The number of benzene rings is 2. The van der Waals surface area contributed by atoms with E-state index in [9.17, 15) is 8.78 Å². The molecule has 0 aliphatic carbocycles. The Morgan fingerprint density at radius 2 is 1.92 bits per heavy atom. The van der Waals surface area contributed by atoms with E-state index >= 15 is 0 Å². The van der Waals surface area contributed by atoms with E-state index in [1.807, 2.05) is 24.3 Å². The number of nitrogens with zero attached hydrogens (tertiary/aromatic N) is 4. The van der Waals surface area contributed by atoms with Gasteiger partial charge in [0.25, 0.3) is 0 Å². The second kappa shape index (κ2) is 5.73. The highest BCUT2D eigenvalue weighted by atomic mass is 32.1. The molecule has 26 heavy (non-hydrogen) atoms. The van der Waals surface area contributed by atoms with Crippen LogP contribution in [0.3, 0.4) is 0 Å². The lowest BCUT2D eigenvalue weighted by Gasteiger charge is -2.24. The van der Waals surface area contributed by atoms with Crippen molar-refractivity contribution in [1.29, 1.82) is 0 Å². The highest BCUT2D eigenvalue weighted by molar-refractivity contribution is 7.16. The molecule has 1 aliphatic heterocycles. The van der Waals surface area contributed by atoms with Crippen LogP contribution in [0.15, 0.2) is 42.5 Å². The zero-order valence-corrected chi connectivity index (χ0v) is 13.9. The predicted molar refractivity (Wildman–Crippen MR) is 89.3 cm³/mol. The number of aromatic nitrogens is 4. The van der Waals surface area contributed by atoms with Crippen molar-refractivity contribution in [3.8, 4) is 22.9 Å². The van der Waals surface area contributed by atoms with Crippen molar-refractivity contribution in [1.82, 2.24) is 19.8 Å². The van der Waals surface area contributed by atoms with Crippen molar-refractivity contribution >= 4 is 16.3 Å². The van der Waals surface area contributed by atoms with Crippen LogP contribution >= 0.6 is 11.3 Å². The average molecular weight is 372 g/mol. The highest BCUT2D eigenvalue weighted by Crippen LogP contribution is 2.37. The van der Waals surface area contributed by atoms with E-state index in [-0.39, 0.29) is 11.4 Å². The Bertz CT molecular complexity index is 1130. The van der Waals surface area contributed by atoms with E-state index in [1.165, 1.54) is 15.9 Å². The van der Waals surface area contributed by atoms with E-state index in [4.69, 9.17) is 9.47 Å². The largest absolute Gasteiger partial charge is 0.485 e. The van der Waals surface area contributed by atoms with E-state index in [0.29, 0.717) is 28.1 Å². The van der Waals surface area contributed by atoms with Gasteiger partial charge in [-0.2, -0.15) is 9.61 Å². The summed E-state index contributed by atoms with van der Waals surface area (Å²) in [4.78, 5) is 0.459. The third-order valence-corrected chi connectivity index (χ3v) is 4.95. The van der Waals surface area contributed by atoms with Crippen molar-refractivity contribution in [2.45, 2.75) is 6.10 Å². The molecule has 2 aromatic carbocycles. The van der Waals surface area contributed by atoms with Gasteiger partial charge in [0, 0.05) is 0 Å². The molecule has 0 bridgehead atoms. The predicted octanol–water partition coefficient (Wildman–Crippen LogP) is 3.64. The SMILES string of the molecule is Fc1ccc(F)c(-c2nnc3sc(C4COc5ccccc5O4)nn23)c1. The van der Waals surface area contributed by atoms with Crippen molar-refractivity contribution in [3.05, 3.63) is 59.1 Å². The molecule has 0 saturated carbocycles. The maximum absolute atomic E-state index is 14.1. The third-order valence-electron chi connectivity index (χ3n) is 3.96. The smallest absolute Gasteiger partial charge is 0.235 e. The fraction of sp³-hybridized carbons (Fsp3) is 0.118. The summed E-state index contributed by atoms with van der Waals surface area (Å²) in [5.74, 6) is 0.285. The summed E-state index contributed by atoms with van der Waals surface area (Å²) in [6.45, 7) is 0.296. The second-order valence-corrected chi connectivity index (χ2v) is 6.63. The van der Waals surface area contributed by atoms with E-state index in [2.05, 4.69) is 15.3 Å². The Kier molecular flexibility index (Phi) is 3.35. The van der Waals surface area contributed by atoms with Crippen LogP contribution < -0.4 is 9.47 Å². The molecule has 0 N–H and O–H groups in total. The van der Waals surface area contributed by atoms with E-state index in [1.54, 1.807) is 0 Å². The molecule has 5 rings (SSSR count). The molecule has 1 atom stereocenters. The van der Waals surface area contributed by atoms with E-state index < -0.39 is 17.7 Å². The zero-order valence-electron chi connectivity index (χ0n) is 13.1. The van der Waals surface area contributed by atoms with Gasteiger partial charge in [-0.3, -0.25) is 0 Å². The minimum atomic E-state index is -0.596. The summed E-state index contributed by atoms with van der Waals surface area (Å²) < 4.78 is 40.6. The Morgan fingerprint density at radius 3 is 2.81 bits per heavy atom. The molecule has 0 fully saturated rings. The van der Waals surface area contributed by atoms with Gasteiger partial charge in [-0.05, 0) is 30.3 Å². The molecule has 0 spiro atoms. The number of rotatable bonds is 2. The van der Waals surface area contributed by atoms with Gasteiger partial charge in [0.2, 0.25) is 4.96 Å². The normalized spacial score (nSPS) is 16.2. The Labute approximate surface area is 149 Å². The highest BCUT2D eigenvalue weighted by Gasteiger charge is 2.27. The molecule has 9 heteroatoms. The number of hydrogen-bond acceptors (Lipinski definition) is 6. The molecule has 3 heterocycles. The number of hydrogen-bond donors (Lipinski definition) is 0. The first-order chi connectivity index (χ1) is 12.7. The molecule has 1 aliphatic rings. The molecule has 130 valence electrons. The van der Waals surface area contributed by atoms with Crippen LogP contribution in [0.5, 0.6) is 11.5 Å². The Balaban J connectivity index is 1.54. The van der Waals surface area contributed by atoms with Gasteiger partial charge in [0.15, 0.2) is 28.4 Å².